The zero-order valence-corrected chi connectivity index (χ0v) is 11.9. The molecule has 0 bridgehead atoms. The highest BCUT2D eigenvalue weighted by atomic mass is 32.1. The van der Waals surface area contributed by atoms with Gasteiger partial charge in [0.15, 0.2) is 0 Å². The number of hydrogen-bond acceptors (Lipinski definition) is 3. The Morgan fingerprint density at radius 1 is 1.00 bits per heavy atom. The number of hydrogen-bond donors (Lipinski definition) is 2. The molecule has 0 saturated carbocycles. The molecule has 0 heterocycles. The van der Waals surface area contributed by atoms with Gasteiger partial charge >= 0.3 is 5.97 Å². The highest BCUT2D eigenvalue weighted by molar-refractivity contribution is 7.77. The van der Waals surface area contributed by atoms with Gasteiger partial charge in [0.25, 0.3) is 0 Å². The Bertz CT molecular complexity index is 545. The number of rotatable bonds is 6. The standard InChI is InChI=1S/C16H17NO2S/c18-16(19)15(11-13-7-3-1-4-8-13)17(20)12-14-9-5-2-6-10-14/h1-10,15,20H,11-12H2,(H,18,19)/t15-/m1/s1. The number of aliphatic carboxylic acids is 1. The molecule has 0 spiro atoms. The summed E-state index contributed by atoms with van der Waals surface area (Å²) in [5, 5.41) is 9.39. The van der Waals surface area contributed by atoms with E-state index in [0.29, 0.717) is 13.0 Å². The molecule has 0 saturated heterocycles. The topological polar surface area (TPSA) is 40.5 Å². The highest BCUT2D eigenvalue weighted by Gasteiger charge is 2.23. The molecule has 2 aromatic carbocycles. The minimum atomic E-state index is -0.861. The van der Waals surface area contributed by atoms with Gasteiger partial charge < -0.3 is 5.11 Å². The van der Waals surface area contributed by atoms with E-state index in [-0.39, 0.29) is 0 Å². The molecule has 2 rings (SSSR count). The molecule has 1 atom stereocenters. The van der Waals surface area contributed by atoms with Crippen molar-refractivity contribution in [3.05, 3.63) is 71.8 Å². The third-order valence-corrected chi connectivity index (χ3v) is 3.52. The Kier molecular flexibility index (Phi) is 5.21. The van der Waals surface area contributed by atoms with Crippen molar-refractivity contribution in [1.29, 1.82) is 0 Å². The van der Waals surface area contributed by atoms with Crippen LogP contribution in [-0.4, -0.2) is 21.4 Å². The average molecular weight is 287 g/mol. The Labute approximate surface area is 124 Å². The van der Waals surface area contributed by atoms with Crippen LogP contribution >= 0.6 is 12.8 Å². The summed E-state index contributed by atoms with van der Waals surface area (Å²) < 4.78 is 1.57. The zero-order chi connectivity index (χ0) is 14.4. The Morgan fingerprint density at radius 3 is 2.00 bits per heavy atom. The molecule has 4 heteroatoms. The lowest BCUT2D eigenvalue weighted by molar-refractivity contribution is -0.141. The second-order valence-corrected chi connectivity index (χ2v) is 5.14. The molecule has 2 aromatic rings. The van der Waals surface area contributed by atoms with Crippen molar-refractivity contribution in [3.8, 4) is 0 Å². The first kappa shape index (κ1) is 14.6. The minimum absolute atomic E-state index is 0.437. The second-order valence-electron chi connectivity index (χ2n) is 4.63. The summed E-state index contributed by atoms with van der Waals surface area (Å²) in [6.07, 6.45) is 0.437. The van der Waals surface area contributed by atoms with Crippen molar-refractivity contribution in [1.82, 2.24) is 4.31 Å². The summed E-state index contributed by atoms with van der Waals surface area (Å²) in [4.78, 5) is 11.4. The van der Waals surface area contributed by atoms with Crippen molar-refractivity contribution < 1.29 is 9.90 Å². The molecular formula is C16H17NO2S. The highest BCUT2D eigenvalue weighted by Crippen LogP contribution is 2.15. The van der Waals surface area contributed by atoms with E-state index in [0.717, 1.165) is 11.1 Å². The summed E-state index contributed by atoms with van der Waals surface area (Å²) in [6.45, 7) is 0.494. The molecule has 0 fully saturated rings. The van der Waals surface area contributed by atoms with Gasteiger partial charge in [-0.1, -0.05) is 73.5 Å². The molecule has 0 aliphatic carbocycles. The zero-order valence-electron chi connectivity index (χ0n) is 11.0. The van der Waals surface area contributed by atoms with Gasteiger partial charge in [-0.3, -0.25) is 4.79 Å². The van der Waals surface area contributed by atoms with Crippen LogP contribution in [0.3, 0.4) is 0 Å². The van der Waals surface area contributed by atoms with E-state index >= 15 is 0 Å². The van der Waals surface area contributed by atoms with Gasteiger partial charge in [0.05, 0.1) is 0 Å². The van der Waals surface area contributed by atoms with Crippen LogP contribution in [0.15, 0.2) is 60.7 Å². The van der Waals surface area contributed by atoms with Gasteiger partial charge in [-0.15, -0.1) is 0 Å². The van der Waals surface area contributed by atoms with Crippen LogP contribution in [0.4, 0.5) is 0 Å². The number of carboxylic acids is 1. The van der Waals surface area contributed by atoms with Gasteiger partial charge in [-0.05, 0) is 17.5 Å². The average Bonchev–Trinajstić information content (AvgIpc) is 2.46. The normalized spacial score (nSPS) is 12.3. The fourth-order valence-electron chi connectivity index (χ4n) is 2.04. The van der Waals surface area contributed by atoms with Crippen molar-refractivity contribution in [2.75, 3.05) is 0 Å². The van der Waals surface area contributed by atoms with E-state index in [1.54, 1.807) is 4.31 Å². The lowest BCUT2D eigenvalue weighted by atomic mass is 10.1. The van der Waals surface area contributed by atoms with E-state index in [9.17, 15) is 9.90 Å². The fourth-order valence-corrected chi connectivity index (χ4v) is 2.38. The molecule has 0 aliphatic rings. The van der Waals surface area contributed by atoms with Gasteiger partial charge in [0, 0.05) is 6.54 Å². The largest absolute Gasteiger partial charge is 0.480 e. The summed E-state index contributed by atoms with van der Waals surface area (Å²) >= 11 is 4.36. The molecule has 1 N–H and O–H groups in total. The summed E-state index contributed by atoms with van der Waals surface area (Å²) in [6, 6.07) is 18.7. The van der Waals surface area contributed by atoms with Crippen LogP contribution in [0, 0.1) is 0 Å². The first-order chi connectivity index (χ1) is 9.66. The van der Waals surface area contributed by atoms with Crippen LogP contribution in [0.1, 0.15) is 11.1 Å². The molecule has 0 aromatic heterocycles. The van der Waals surface area contributed by atoms with E-state index in [1.165, 1.54) is 0 Å². The van der Waals surface area contributed by atoms with Gasteiger partial charge in [0.2, 0.25) is 0 Å². The minimum Gasteiger partial charge on any atom is -0.480 e. The lowest BCUT2D eigenvalue weighted by Gasteiger charge is -2.23. The third kappa shape index (κ3) is 4.11. The molecule has 0 amide bonds. The smallest absolute Gasteiger partial charge is 0.322 e. The molecule has 3 nitrogen and oxygen atoms in total. The van der Waals surface area contributed by atoms with E-state index in [2.05, 4.69) is 12.8 Å². The number of nitrogens with zero attached hydrogens (tertiary/aromatic N) is 1. The fraction of sp³-hybridized carbons (Fsp3) is 0.188. The van der Waals surface area contributed by atoms with Crippen molar-refractivity contribution in [2.24, 2.45) is 0 Å². The number of carboxylic acid groups (broad SMARTS) is 1. The number of benzene rings is 2. The summed E-state index contributed by atoms with van der Waals surface area (Å²) in [5.74, 6) is -0.861. The maximum absolute atomic E-state index is 11.4. The monoisotopic (exact) mass is 287 g/mol. The van der Waals surface area contributed by atoms with Crippen molar-refractivity contribution in [3.63, 3.8) is 0 Å². The molecule has 0 unspecified atom stereocenters. The Morgan fingerprint density at radius 2 is 1.50 bits per heavy atom. The van der Waals surface area contributed by atoms with Gasteiger partial charge in [-0.2, -0.15) is 0 Å². The predicted octanol–water partition coefficient (Wildman–Crippen LogP) is 3.03. The lowest BCUT2D eigenvalue weighted by Crippen LogP contribution is -2.36. The van der Waals surface area contributed by atoms with Gasteiger partial charge in [0.1, 0.15) is 6.04 Å². The van der Waals surface area contributed by atoms with E-state index < -0.39 is 12.0 Å². The SMILES string of the molecule is O=C(O)[C@@H](Cc1ccccc1)N(S)Cc1ccccc1. The predicted molar refractivity (Wildman–Crippen MR) is 82.5 cm³/mol. The van der Waals surface area contributed by atoms with Crippen LogP contribution in [-0.2, 0) is 17.8 Å². The maximum atomic E-state index is 11.4. The quantitative estimate of drug-likeness (QED) is 0.802. The molecule has 0 radical (unpaired) electrons. The molecule has 104 valence electrons. The first-order valence-corrected chi connectivity index (χ1v) is 6.83. The first-order valence-electron chi connectivity index (χ1n) is 6.43. The Balaban J connectivity index is 2.06. The molecular weight excluding hydrogens is 270 g/mol. The van der Waals surface area contributed by atoms with Gasteiger partial charge in [-0.25, -0.2) is 4.31 Å². The van der Waals surface area contributed by atoms with Crippen molar-refractivity contribution >= 4 is 18.8 Å². The Hall–Kier alpha value is -1.78. The molecule has 20 heavy (non-hydrogen) atoms. The summed E-state index contributed by atoms with van der Waals surface area (Å²) in [7, 11) is 0. The third-order valence-electron chi connectivity index (χ3n) is 3.10. The van der Waals surface area contributed by atoms with Crippen LogP contribution in [0.2, 0.25) is 0 Å². The maximum Gasteiger partial charge on any atom is 0.322 e. The summed E-state index contributed by atoms with van der Waals surface area (Å²) in [5.41, 5.74) is 2.04. The van der Waals surface area contributed by atoms with Crippen molar-refractivity contribution in [2.45, 2.75) is 19.0 Å². The van der Waals surface area contributed by atoms with Crippen LogP contribution < -0.4 is 0 Å². The van der Waals surface area contributed by atoms with Crippen LogP contribution in [0.25, 0.3) is 0 Å². The second kappa shape index (κ2) is 7.12. The molecule has 0 aliphatic heterocycles. The van der Waals surface area contributed by atoms with E-state index in [1.807, 2.05) is 60.7 Å². The number of carbonyl (C=O) groups is 1. The van der Waals surface area contributed by atoms with E-state index in [4.69, 9.17) is 0 Å². The van der Waals surface area contributed by atoms with Crippen LogP contribution in [0.5, 0.6) is 0 Å². The number of thiol groups is 1.